The first kappa shape index (κ1) is 13.1. The molecule has 0 aliphatic rings. The molecule has 0 aliphatic heterocycles. The standard InChI is InChI=1S/C10H19N3O2S/c1-14-7-5-3-4-6-12-10-8(15-2)9(11)13-16-10/h12H,3-7H2,1-2H3,(H2,11,13). The van der Waals surface area contributed by atoms with Crippen molar-refractivity contribution in [2.45, 2.75) is 19.3 Å². The topological polar surface area (TPSA) is 69.4 Å². The Kier molecular flexibility index (Phi) is 5.95. The maximum absolute atomic E-state index is 5.64. The van der Waals surface area contributed by atoms with Crippen molar-refractivity contribution in [1.82, 2.24) is 4.37 Å². The second kappa shape index (κ2) is 7.29. The Morgan fingerprint density at radius 2 is 2.12 bits per heavy atom. The van der Waals surface area contributed by atoms with E-state index >= 15 is 0 Å². The fraction of sp³-hybridized carbons (Fsp3) is 0.700. The Morgan fingerprint density at radius 1 is 1.31 bits per heavy atom. The zero-order valence-corrected chi connectivity index (χ0v) is 10.6. The Balaban J connectivity index is 2.21. The van der Waals surface area contributed by atoms with Gasteiger partial charge in [0.15, 0.2) is 16.6 Å². The molecule has 3 N–H and O–H groups in total. The third-order valence-corrected chi connectivity index (χ3v) is 2.99. The number of nitrogens with one attached hydrogen (secondary N) is 1. The lowest BCUT2D eigenvalue weighted by Crippen LogP contribution is -2.02. The van der Waals surface area contributed by atoms with Crippen LogP contribution in [0.15, 0.2) is 0 Å². The van der Waals surface area contributed by atoms with Crippen molar-refractivity contribution in [3.8, 4) is 5.75 Å². The zero-order chi connectivity index (χ0) is 11.8. The maximum atomic E-state index is 5.64. The quantitative estimate of drug-likeness (QED) is 0.685. The minimum absolute atomic E-state index is 0.453. The third kappa shape index (κ3) is 3.86. The van der Waals surface area contributed by atoms with Crippen LogP contribution < -0.4 is 15.8 Å². The largest absolute Gasteiger partial charge is 0.490 e. The van der Waals surface area contributed by atoms with Gasteiger partial charge >= 0.3 is 0 Å². The average molecular weight is 245 g/mol. The van der Waals surface area contributed by atoms with E-state index < -0.39 is 0 Å². The second-order valence-electron chi connectivity index (χ2n) is 3.41. The van der Waals surface area contributed by atoms with Gasteiger partial charge < -0.3 is 20.5 Å². The number of hydrogen-bond acceptors (Lipinski definition) is 6. The molecular formula is C10H19N3O2S. The van der Waals surface area contributed by atoms with E-state index in [9.17, 15) is 0 Å². The second-order valence-corrected chi connectivity index (χ2v) is 4.18. The molecule has 1 aromatic rings. The molecule has 1 rings (SSSR count). The number of nitrogens with two attached hydrogens (primary N) is 1. The van der Waals surface area contributed by atoms with Gasteiger partial charge in [-0.1, -0.05) is 0 Å². The third-order valence-electron chi connectivity index (χ3n) is 2.19. The Labute approximate surface area is 100 Å². The highest BCUT2D eigenvalue weighted by molar-refractivity contribution is 7.11. The van der Waals surface area contributed by atoms with Crippen LogP contribution in [0.3, 0.4) is 0 Å². The van der Waals surface area contributed by atoms with Gasteiger partial charge in [-0.3, -0.25) is 0 Å². The van der Waals surface area contributed by atoms with Gasteiger partial charge in [-0.25, -0.2) is 0 Å². The van der Waals surface area contributed by atoms with Crippen molar-refractivity contribution in [3.05, 3.63) is 0 Å². The number of nitrogen functional groups attached to an aromatic ring is 1. The number of methoxy groups -OCH3 is 2. The molecule has 0 saturated heterocycles. The normalized spacial score (nSPS) is 10.4. The first-order chi connectivity index (χ1) is 7.79. The van der Waals surface area contributed by atoms with Crippen LogP contribution in [-0.4, -0.2) is 31.7 Å². The summed E-state index contributed by atoms with van der Waals surface area (Å²) in [6, 6.07) is 0. The van der Waals surface area contributed by atoms with Gasteiger partial charge in [-0.15, -0.1) is 0 Å². The SMILES string of the molecule is COCCCCCNc1snc(N)c1OC. The summed E-state index contributed by atoms with van der Waals surface area (Å²) in [4.78, 5) is 0. The van der Waals surface area contributed by atoms with Gasteiger partial charge in [-0.2, -0.15) is 4.37 Å². The molecule has 6 heteroatoms. The van der Waals surface area contributed by atoms with Crippen LogP contribution >= 0.6 is 11.5 Å². The molecule has 0 fully saturated rings. The van der Waals surface area contributed by atoms with Crippen LogP contribution in [0.2, 0.25) is 0 Å². The fourth-order valence-corrected chi connectivity index (χ4v) is 2.06. The highest BCUT2D eigenvalue weighted by Crippen LogP contribution is 2.34. The summed E-state index contributed by atoms with van der Waals surface area (Å²) < 4.78 is 14.2. The molecule has 0 saturated carbocycles. The lowest BCUT2D eigenvalue weighted by molar-refractivity contribution is 0.192. The van der Waals surface area contributed by atoms with Crippen LogP contribution in [0.25, 0.3) is 0 Å². The van der Waals surface area contributed by atoms with Crippen LogP contribution in [0.5, 0.6) is 5.75 Å². The molecule has 16 heavy (non-hydrogen) atoms. The van der Waals surface area contributed by atoms with E-state index in [0.717, 1.165) is 37.4 Å². The number of rotatable bonds is 8. The van der Waals surface area contributed by atoms with Crippen LogP contribution in [0, 0.1) is 0 Å². The molecule has 5 nitrogen and oxygen atoms in total. The Morgan fingerprint density at radius 3 is 2.81 bits per heavy atom. The minimum Gasteiger partial charge on any atom is -0.490 e. The highest BCUT2D eigenvalue weighted by Gasteiger charge is 2.10. The molecular weight excluding hydrogens is 226 g/mol. The van der Waals surface area contributed by atoms with Crippen LogP contribution in [0.1, 0.15) is 19.3 Å². The van der Waals surface area contributed by atoms with Crippen molar-refractivity contribution < 1.29 is 9.47 Å². The number of unbranched alkanes of at least 4 members (excludes halogenated alkanes) is 2. The van der Waals surface area contributed by atoms with E-state index in [-0.39, 0.29) is 0 Å². The van der Waals surface area contributed by atoms with Crippen molar-refractivity contribution in [3.63, 3.8) is 0 Å². The molecule has 0 atom stereocenters. The van der Waals surface area contributed by atoms with Crippen molar-refractivity contribution >= 4 is 22.4 Å². The van der Waals surface area contributed by atoms with E-state index in [0.29, 0.717) is 11.6 Å². The molecule has 1 heterocycles. The molecule has 0 aromatic carbocycles. The van der Waals surface area contributed by atoms with Gasteiger partial charge in [0.1, 0.15) is 0 Å². The first-order valence-electron chi connectivity index (χ1n) is 5.31. The number of ether oxygens (including phenoxy) is 2. The van der Waals surface area contributed by atoms with Crippen molar-refractivity contribution in [2.24, 2.45) is 0 Å². The molecule has 0 bridgehead atoms. The van der Waals surface area contributed by atoms with E-state index in [1.54, 1.807) is 14.2 Å². The summed E-state index contributed by atoms with van der Waals surface area (Å²) >= 11 is 1.33. The maximum Gasteiger partial charge on any atom is 0.197 e. The molecule has 0 aliphatic carbocycles. The lowest BCUT2D eigenvalue weighted by atomic mass is 10.2. The van der Waals surface area contributed by atoms with Gasteiger partial charge in [0, 0.05) is 20.3 Å². The molecule has 1 aromatic heterocycles. The molecule has 0 spiro atoms. The summed E-state index contributed by atoms with van der Waals surface area (Å²) in [5.41, 5.74) is 5.64. The highest BCUT2D eigenvalue weighted by atomic mass is 32.1. The Hall–Kier alpha value is -1.01. The van der Waals surface area contributed by atoms with E-state index in [1.807, 2.05) is 0 Å². The molecule has 0 unspecified atom stereocenters. The predicted octanol–water partition coefficient (Wildman–Crippen LogP) is 1.96. The number of anilines is 2. The van der Waals surface area contributed by atoms with Gasteiger partial charge in [-0.05, 0) is 30.8 Å². The summed E-state index contributed by atoms with van der Waals surface area (Å²) in [6.07, 6.45) is 3.35. The lowest BCUT2D eigenvalue weighted by Gasteiger charge is -2.05. The van der Waals surface area contributed by atoms with Gasteiger partial charge in [0.2, 0.25) is 0 Å². The van der Waals surface area contributed by atoms with Gasteiger partial charge in [0.25, 0.3) is 0 Å². The van der Waals surface area contributed by atoms with Gasteiger partial charge in [0.05, 0.1) is 7.11 Å². The van der Waals surface area contributed by atoms with Crippen molar-refractivity contribution in [2.75, 3.05) is 38.4 Å². The number of hydrogen-bond donors (Lipinski definition) is 2. The number of aromatic nitrogens is 1. The summed E-state index contributed by atoms with van der Waals surface area (Å²) in [6.45, 7) is 1.73. The Bertz CT molecular complexity index is 304. The summed E-state index contributed by atoms with van der Waals surface area (Å²) in [7, 11) is 3.33. The van der Waals surface area contributed by atoms with E-state index in [1.165, 1.54) is 11.5 Å². The minimum atomic E-state index is 0.453. The smallest absolute Gasteiger partial charge is 0.197 e. The van der Waals surface area contributed by atoms with Crippen molar-refractivity contribution in [1.29, 1.82) is 0 Å². The monoisotopic (exact) mass is 245 g/mol. The molecule has 92 valence electrons. The summed E-state index contributed by atoms with van der Waals surface area (Å²) in [5.74, 6) is 1.11. The average Bonchev–Trinajstić information content (AvgIpc) is 2.64. The zero-order valence-electron chi connectivity index (χ0n) is 9.78. The number of nitrogens with zero attached hydrogens (tertiary/aromatic N) is 1. The van der Waals surface area contributed by atoms with Crippen LogP contribution in [0.4, 0.5) is 10.8 Å². The van der Waals surface area contributed by atoms with E-state index in [4.69, 9.17) is 15.2 Å². The molecule has 0 radical (unpaired) electrons. The predicted molar refractivity (Wildman–Crippen MR) is 67.3 cm³/mol. The van der Waals surface area contributed by atoms with E-state index in [2.05, 4.69) is 9.69 Å². The molecule has 0 amide bonds. The first-order valence-corrected chi connectivity index (χ1v) is 6.09. The van der Waals surface area contributed by atoms with Crippen LogP contribution in [-0.2, 0) is 4.74 Å². The summed E-state index contributed by atoms with van der Waals surface area (Å²) in [5, 5.41) is 4.18. The fourth-order valence-electron chi connectivity index (χ4n) is 1.35.